The Hall–Kier alpha value is -3.81. The lowest BCUT2D eigenvalue weighted by Crippen LogP contribution is -2.36. The first kappa shape index (κ1) is 23.0. The highest BCUT2D eigenvalue weighted by atomic mass is 16.5. The fourth-order valence-corrected chi connectivity index (χ4v) is 4.95. The highest BCUT2D eigenvalue weighted by Gasteiger charge is 2.32. The Kier molecular flexibility index (Phi) is 5.75. The van der Waals surface area contributed by atoms with E-state index in [1.165, 1.54) is 0 Å². The molecule has 0 spiro atoms. The Morgan fingerprint density at radius 3 is 2.60 bits per heavy atom. The summed E-state index contributed by atoms with van der Waals surface area (Å²) >= 11 is 0. The molecule has 182 valence electrons. The summed E-state index contributed by atoms with van der Waals surface area (Å²) in [6.45, 7) is 3.58. The molecule has 2 aliphatic rings. The number of benzene rings is 2. The molecular weight excluding hydrogens is 450 g/mol. The van der Waals surface area contributed by atoms with Gasteiger partial charge >= 0.3 is 11.6 Å². The fraction of sp³-hybridized carbons (Fsp3) is 0.370. The monoisotopic (exact) mass is 477 g/mol. The third-order valence-corrected chi connectivity index (χ3v) is 6.68. The second kappa shape index (κ2) is 8.76. The number of fused-ring (bicyclic) bond motifs is 5. The number of nitrogens with one attached hydrogen (secondary N) is 1. The summed E-state index contributed by atoms with van der Waals surface area (Å²) < 4.78 is 17.9. The molecule has 0 unspecified atom stereocenters. The number of carboxylic acids is 1. The SMILES string of the molecule is CC1(C)CCc2c(cc(OCC(=O)N[C@@H](C(=O)O)c3ccccc3)c3c4c(c(=O)oc23)CCC4)O1. The molecule has 8 heteroatoms. The van der Waals surface area contributed by atoms with Crippen molar-refractivity contribution >= 4 is 22.8 Å². The smallest absolute Gasteiger partial charge is 0.339 e. The van der Waals surface area contributed by atoms with Crippen molar-refractivity contribution in [2.45, 2.75) is 57.6 Å². The maximum absolute atomic E-state index is 12.7. The molecule has 0 bridgehead atoms. The van der Waals surface area contributed by atoms with Gasteiger partial charge in [-0.1, -0.05) is 30.3 Å². The third kappa shape index (κ3) is 4.36. The Morgan fingerprint density at radius 1 is 1.11 bits per heavy atom. The minimum atomic E-state index is -1.20. The van der Waals surface area contributed by atoms with Crippen LogP contribution in [0.25, 0.3) is 11.0 Å². The van der Waals surface area contributed by atoms with Crippen LogP contribution in [0, 0.1) is 0 Å². The van der Waals surface area contributed by atoms with Gasteiger partial charge in [0.15, 0.2) is 12.6 Å². The van der Waals surface area contributed by atoms with Crippen LogP contribution in [-0.2, 0) is 28.9 Å². The van der Waals surface area contributed by atoms with Gasteiger partial charge in [0.05, 0.1) is 5.39 Å². The van der Waals surface area contributed by atoms with Gasteiger partial charge in [0, 0.05) is 17.2 Å². The van der Waals surface area contributed by atoms with Gasteiger partial charge in [-0.25, -0.2) is 9.59 Å². The molecule has 0 saturated heterocycles. The van der Waals surface area contributed by atoms with Crippen molar-refractivity contribution in [2.24, 2.45) is 0 Å². The van der Waals surface area contributed by atoms with Crippen molar-refractivity contribution in [1.29, 1.82) is 0 Å². The molecular formula is C27H27NO7. The van der Waals surface area contributed by atoms with Crippen LogP contribution in [0.4, 0.5) is 0 Å². The first-order valence-corrected chi connectivity index (χ1v) is 11.8. The molecule has 3 aromatic rings. The van der Waals surface area contributed by atoms with Crippen LogP contribution in [0.15, 0.2) is 45.6 Å². The van der Waals surface area contributed by atoms with Gasteiger partial charge < -0.3 is 24.3 Å². The Balaban J connectivity index is 1.48. The van der Waals surface area contributed by atoms with E-state index in [0.29, 0.717) is 46.4 Å². The second-order valence-corrected chi connectivity index (χ2v) is 9.66. The zero-order valence-electron chi connectivity index (χ0n) is 19.7. The zero-order valence-corrected chi connectivity index (χ0v) is 19.7. The maximum atomic E-state index is 12.7. The van der Waals surface area contributed by atoms with Crippen molar-refractivity contribution in [3.63, 3.8) is 0 Å². The predicted octanol–water partition coefficient (Wildman–Crippen LogP) is 3.71. The highest BCUT2D eigenvalue weighted by Crippen LogP contribution is 2.44. The molecule has 1 aliphatic heterocycles. The Labute approximate surface area is 201 Å². The number of aryl methyl sites for hydroxylation is 2. The van der Waals surface area contributed by atoms with E-state index in [9.17, 15) is 19.5 Å². The number of carboxylic acid groups (broad SMARTS) is 1. The minimum absolute atomic E-state index is 0.334. The van der Waals surface area contributed by atoms with Crippen molar-refractivity contribution < 1.29 is 28.6 Å². The van der Waals surface area contributed by atoms with Crippen LogP contribution in [0.2, 0.25) is 0 Å². The van der Waals surface area contributed by atoms with Gasteiger partial charge in [-0.3, -0.25) is 4.79 Å². The van der Waals surface area contributed by atoms with Crippen LogP contribution in [0.1, 0.15) is 55.0 Å². The number of carbonyl (C=O) groups excluding carboxylic acids is 1. The van der Waals surface area contributed by atoms with Crippen LogP contribution < -0.4 is 20.4 Å². The molecule has 1 aliphatic carbocycles. The van der Waals surface area contributed by atoms with Crippen molar-refractivity contribution in [3.05, 3.63) is 69.1 Å². The minimum Gasteiger partial charge on any atom is -0.487 e. The average Bonchev–Trinajstić information content (AvgIpc) is 3.31. The summed E-state index contributed by atoms with van der Waals surface area (Å²) in [5.41, 5.74) is 2.56. The molecule has 2 heterocycles. The molecule has 0 radical (unpaired) electrons. The molecule has 35 heavy (non-hydrogen) atoms. The lowest BCUT2D eigenvalue weighted by molar-refractivity contribution is -0.142. The number of carbonyl (C=O) groups is 2. The van der Waals surface area contributed by atoms with E-state index in [-0.39, 0.29) is 5.63 Å². The molecule has 1 aromatic heterocycles. The summed E-state index contributed by atoms with van der Waals surface area (Å²) in [5.74, 6) is -0.792. The molecule has 5 rings (SSSR count). The number of aliphatic carboxylic acids is 1. The Morgan fingerprint density at radius 2 is 1.86 bits per heavy atom. The predicted molar refractivity (Wildman–Crippen MR) is 128 cm³/mol. The zero-order chi connectivity index (χ0) is 24.7. The summed E-state index contributed by atoms with van der Waals surface area (Å²) in [4.78, 5) is 37.1. The van der Waals surface area contributed by atoms with Gasteiger partial charge in [-0.2, -0.15) is 0 Å². The van der Waals surface area contributed by atoms with Crippen LogP contribution in [0.3, 0.4) is 0 Å². The lowest BCUT2D eigenvalue weighted by atomic mass is 9.91. The van der Waals surface area contributed by atoms with Gasteiger partial charge in [-0.15, -0.1) is 0 Å². The largest absolute Gasteiger partial charge is 0.487 e. The molecule has 2 aromatic carbocycles. The molecule has 1 atom stereocenters. The third-order valence-electron chi connectivity index (χ3n) is 6.68. The maximum Gasteiger partial charge on any atom is 0.339 e. The van der Waals surface area contributed by atoms with E-state index in [1.54, 1.807) is 36.4 Å². The van der Waals surface area contributed by atoms with E-state index < -0.39 is 30.1 Å². The average molecular weight is 478 g/mol. The first-order chi connectivity index (χ1) is 16.7. The topological polar surface area (TPSA) is 115 Å². The summed E-state index contributed by atoms with van der Waals surface area (Å²) in [6, 6.07) is 9.04. The summed E-state index contributed by atoms with van der Waals surface area (Å²) in [6.07, 6.45) is 3.68. The van der Waals surface area contributed by atoms with E-state index in [1.807, 2.05) is 13.8 Å². The number of ether oxygens (including phenoxy) is 2. The van der Waals surface area contributed by atoms with Gasteiger partial charge in [-0.05, 0) is 57.1 Å². The van der Waals surface area contributed by atoms with E-state index in [4.69, 9.17) is 13.9 Å². The molecule has 0 fully saturated rings. The first-order valence-electron chi connectivity index (χ1n) is 11.8. The van der Waals surface area contributed by atoms with Crippen molar-refractivity contribution in [1.82, 2.24) is 5.32 Å². The molecule has 8 nitrogen and oxygen atoms in total. The summed E-state index contributed by atoms with van der Waals surface area (Å²) in [7, 11) is 0. The van der Waals surface area contributed by atoms with E-state index in [2.05, 4.69) is 5.32 Å². The molecule has 1 amide bonds. The molecule has 0 saturated carbocycles. The van der Waals surface area contributed by atoms with E-state index >= 15 is 0 Å². The van der Waals surface area contributed by atoms with E-state index in [0.717, 1.165) is 30.4 Å². The van der Waals surface area contributed by atoms with Crippen LogP contribution in [-0.4, -0.2) is 29.2 Å². The lowest BCUT2D eigenvalue weighted by Gasteiger charge is -2.33. The van der Waals surface area contributed by atoms with Crippen LogP contribution >= 0.6 is 0 Å². The van der Waals surface area contributed by atoms with Crippen molar-refractivity contribution in [2.75, 3.05) is 6.61 Å². The standard InChI is InChI=1S/C27H27NO7/c1-27(2)12-11-18-19(35-27)13-20(22-16-9-6-10-17(16)26(32)34-24(18)22)33-14-21(29)28-23(25(30)31)15-7-4-3-5-8-15/h3-5,7-8,13,23H,6,9-12,14H2,1-2H3,(H,28,29)(H,30,31)/t23-/m1/s1. The summed E-state index contributed by atoms with van der Waals surface area (Å²) in [5, 5.41) is 12.8. The van der Waals surface area contributed by atoms with Crippen LogP contribution in [0.5, 0.6) is 11.5 Å². The number of rotatable bonds is 6. The quantitative estimate of drug-likeness (QED) is 0.520. The van der Waals surface area contributed by atoms with Gasteiger partial charge in [0.25, 0.3) is 5.91 Å². The van der Waals surface area contributed by atoms with Gasteiger partial charge in [0.1, 0.15) is 22.7 Å². The second-order valence-electron chi connectivity index (χ2n) is 9.66. The Bertz CT molecular complexity index is 1370. The fourth-order valence-electron chi connectivity index (χ4n) is 4.95. The number of hydrogen-bond acceptors (Lipinski definition) is 6. The molecule has 2 N–H and O–H groups in total. The number of hydrogen-bond donors (Lipinski definition) is 2. The number of amides is 1. The highest BCUT2D eigenvalue weighted by molar-refractivity contribution is 5.93. The normalized spacial score (nSPS) is 16.6. The van der Waals surface area contributed by atoms with Crippen molar-refractivity contribution in [3.8, 4) is 11.5 Å². The van der Waals surface area contributed by atoms with Gasteiger partial charge in [0.2, 0.25) is 0 Å².